The van der Waals surface area contributed by atoms with Gasteiger partial charge in [0.15, 0.2) is 0 Å². The van der Waals surface area contributed by atoms with Crippen molar-refractivity contribution in [2.45, 2.75) is 45.1 Å². The first-order chi connectivity index (χ1) is 9.72. The summed E-state index contributed by atoms with van der Waals surface area (Å²) in [5.74, 6) is 0.0326. The van der Waals surface area contributed by atoms with Crippen LogP contribution < -0.4 is 0 Å². The van der Waals surface area contributed by atoms with Crippen LogP contribution in [0.15, 0.2) is 18.2 Å². The van der Waals surface area contributed by atoms with E-state index >= 15 is 0 Å². The molecule has 1 aliphatic heterocycles. The molecule has 3 rings (SSSR count). The van der Waals surface area contributed by atoms with Crippen LogP contribution in [0.25, 0.3) is 0 Å². The average Bonchev–Trinajstić information content (AvgIpc) is 2.47. The van der Waals surface area contributed by atoms with Crippen molar-refractivity contribution in [2.75, 3.05) is 13.1 Å². The number of benzene rings is 1. The SMILES string of the molecule is O=C(O)c1ccc2c(c1)CN(CC1CCCCC1)CC2. The minimum absolute atomic E-state index is 0.420. The largest absolute Gasteiger partial charge is 0.478 e. The van der Waals surface area contributed by atoms with Crippen molar-refractivity contribution in [3.63, 3.8) is 0 Å². The van der Waals surface area contributed by atoms with Crippen LogP contribution in [-0.2, 0) is 13.0 Å². The average molecular weight is 273 g/mol. The van der Waals surface area contributed by atoms with Gasteiger partial charge in [-0.1, -0.05) is 25.3 Å². The molecule has 0 radical (unpaired) electrons. The Bertz CT molecular complexity index is 492. The fourth-order valence-electron chi connectivity index (χ4n) is 3.64. The number of carboxylic acid groups (broad SMARTS) is 1. The van der Waals surface area contributed by atoms with Gasteiger partial charge in [0, 0.05) is 19.6 Å². The second kappa shape index (κ2) is 5.96. The van der Waals surface area contributed by atoms with E-state index in [4.69, 9.17) is 5.11 Å². The van der Waals surface area contributed by atoms with E-state index in [2.05, 4.69) is 4.90 Å². The van der Waals surface area contributed by atoms with Gasteiger partial charge >= 0.3 is 5.97 Å². The first-order valence-electron chi connectivity index (χ1n) is 7.80. The molecule has 1 saturated carbocycles. The van der Waals surface area contributed by atoms with E-state index in [0.717, 1.165) is 25.4 Å². The molecule has 1 aliphatic carbocycles. The van der Waals surface area contributed by atoms with E-state index in [1.165, 1.54) is 49.8 Å². The summed E-state index contributed by atoms with van der Waals surface area (Å²) in [4.78, 5) is 13.6. The Morgan fingerprint density at radius 1 is 1.20 bits per heavy atom. The smallest absolute Gasteiger partial charge is 0.335 e. The van der Waals surface area contributed by atoms with Crippen LogP contribution in [0, 0.1) is 5.92 Å². The summed E-state index contributed by atoms with van der Waals surface area (Å²) in [5, 5.41) is 9.10. The number of rotatable bonds is 3. The monoisotopic (exact) mass is 273 g/mol. The van der Waals surface area contributed by atoms with E-state index in [-0.39, 0.29) is 0 Å². The predicted octanol–water partition coefficient (Wildman–Crippen LogP) is 3.32. The molecule has 0 bridgehead atoms. The molecule has 0 amide bonds. The van der Waals surface area contributed by atoms with Gasteiger partial charge in [-0.15, -0.1) is 0 Å². The third-order valence-corrected chi connectivity index (χ3v) is 4.79. The summed E-state index contributed by atoms with van der Waals surface area (Å²) in [6, 6.07) is 5.60. The van der Waals surface area contributed by atoms with E-state index in [1.807, 2.05) is 12.1 Å². The van der Waals surface area contributed by atoms with Crippen LogP contribution >= 0.6 is 0 Å². The van der Waals surface area contributed by atoms with Gasteiger partial charge < -0.3 is 5.11 Å². The maximum absolute atomic E-state index is 11.1. The summed E-state index contributed by atoms with van der Waals surface area (Å²) < 4.78 is 0. The minimum Gasteiger partial charge on any atom is -0.478 e. The third kappa shape index (κ3) is 3.04. The Hall–Kier alpha value is -1.35. The zero-order valence-electron chi connectivity index (χ0n) is 12.0. The molecular weight excluding hydrogens is 250 g/mol. The Balaban J connectivity index is 1.67. The summed E-state index contributed by atoms with van der Waals surface area (Å²) in [6.07, 6.45) is 7.98. The van der Waals surface area contributed by atoms with Crippen molar-refractivity contribution in [1.82, 2.24) is 4.90 Å². The lowest BCUT2D eigenvalue weighted by Gasteiger charge is -2.33. The molecule has 0 atom stereocenters. The number of hydrogen-bond acceptors (Lipinski definition) is 2. The fourth-order valence-corrected chi connectivity index (χ4v) is 3.64. The summed E-state index contributed by atoms with van der Waals surface area (Å²) in [6.45, 7) is 3.24. The first-order valence-corrected chi connectivity index (χ1v) is 7.80. The molecule has 2 aliphatic rings. The van der Waals surface area contributed by atoms with Crippen LogP contribution in [0.4, 0.5) is 0 Å². The molecule has 0 unspecified atom stereocenters. The Kier molecular flexibility index (Phi) is 4.06. The molecule has 0 aromatic heterocycles. The topological polar surface area (TPSA) is 40.5 Å². The normalized spacial score (nSPS) is 20.6. The molecular formula is C17H23NO2. The van der Waals surface area contributed by atoms with E-state index in [9.17, 15) is 4.79 Å². The summed E-state index contributed by atoms with van der Waals surface area (Å²) in [7, 11) is 0. The maximum atomic E-state index is 11.1. The van der Waals surface area contributed by atoms with Gasteiger partial charge in [0.05, 0.1) is 5.56 Å². The molecule has 1 fully saturated rings. The van der Waals surface area contributed by atoms with E-state index < -0.39 is 5.97 Å². The van der Waals surface area contributed by atoms with Crippen molar-refractivity contribution in [3.05, 3.63) is 34.9 Å². The lowest BCUT2D eigenvalue weighted by molar-refractivity contribution is 0.0696. The number of fused-ring (bicyclic) bond motifs is 1. The molecule has 1 aromatic carbocycles. The summed E-state index contributed by atoms with van der Waals surface area (Å²) >= 11 is 0. The standard InChI is InChI=1S/C17H23NO2/c19-17(20)15-7-6-14-8-9-18(12-16(14)10-15)11-13-4-2-1-3-5-13/h6-7,10,13H,1-5,8-9,11-12H2,(H,19,20). The van der Waals surface area contributed by atoms with Crippen molar-refractivity contribution in [3.8, 4) is 0 Å². The molecule has 3 nitrogen and oxygen atoms in total. The molecule has 108 valence electrons. The molecule has 3 heteroatoms. The second-order valence-corrected chi connectivity index (χ2v) is 6.28. The maximum Gasteiger partial charge on any atom is 0.335 e. The number of aromatic carboxylic acids is 1. The number of nitrogens with zero attached hydrogens (tertiary/aromatic N) is 1. The Morgan fingerprint density at radius 3 is 2.75 bits per heavy atom. The van der Waals surface area contributed by atoms with Crippen LogP contribution in [0.5, 0.6) is 0 Å². The van der Waals surface area contributed by atoms with Crippen molar-refractivity contribution in [2.24, 2.45) is 5.92 Å². The van der Waals surface area contributed by atoms with E-state index in [1.54, 1.807) is 6.07 Å². The van der Waals surface area contributed by atoms with Crippen molar-refractivity contribution in [1.29, 1.82) is 0 Å². The highest BCUT2D eigenvalue weighted by Gasteiger charge is 2.21. The zero-order valence-corrected chi connectivity index (χ0v) is 12.0. The van der Waals surface area contributed by atoms with Gasteiger partial charge in [-0.25, -0.2) is 4.79 Å². The predicted molar refractivity (Wildman–Crippen MR) is 79.0 cm³/mol. The number of carbonyl (C=O) groups is 1. The van der Waals surface area contributed by atoms with Gasteiger partial charge in [0.2, 0.25) is 0 Å². The zero-order chi connectivity index (χ0) is 13.9. The van der Waals surface area contributed by atoms with Gasteiger partial charge in [0.25, 0.3) is 0 Å². The third-order valence-electron chi connectivity index (χ3n) is 4.79. The second-order valence-electron chi connectivity index (χ2n) is 6.28. The molecule has 1 aromatic rings. The fraction of sp³-hybridized carbons (Fsp3) is 0.588. The Morgan fingerprint density at radius 2 is 2.00 bits per heavy atom. The van der Waals surface area contributed by atoms with Crippen LogP contribution in [0.2, 0.25) is 0 Å². The van der Waals surface area contributed by atoms with E-state index in [0.29, 0.717) is 5.56 Å². The van der Waals surface area contributed by atoms with Gasteiger partial charge in [-0.2, -0.15) is 0 Å². The quantitative estimate of drug-likeness (QED) is 0.918. The highest BCUT2D eigenvalue weighted by atomic mass is 16.4. The lowest BCUT2D eigenvalue weighted by Crippen LogP contribution is -2.35. The highest BCUT2D eigenvalue weighted by molar-refractivity contribution is 5.87. The van der Waals surface area contributed by atoms with Crippen LogP contribution in [0.1, 0.15) is 53.6 Å². The number of hydrogen-bond donors (Lipinski definition) is 1. The molecule has 1 heterocycles. The molecule has 20 heavy (non-hydrogen) atoms. The van der Waals surface area contributed by atoms with Crippen LogP contribution in [-0.4, -0.2) is 29.1 Å². The van der Waals surface area contributed by atoms with Crippen molar-refractivity contribution < 1.29 is 9.90 Å². The van der Waals surface area contributed by atoms with Crippen LogP contribution in [0.3, 0.4) is 0 Å². The molecule has 0 saturated heterocycles. The molecule has 0 spiro atoms. The van der Waals surface area contributed by atoms with Gasteiger partial charge in [-0.05, 0) is 48.4 Å². The van der Waals surface area contributed by atoms with Crippen molar-refractivity contribution >= 4 is 5.97 Å². The number of carboxylic acids is 1. The summed E-state index contributed by atoms with van der Waals surface area (Å²) in [5.41, 5.74) is 2.96. The molecule has 1 N–H and O–H groups in total. The Labute approximate surface area is 120 Å². The van der Waals surface area contributed by atoms with Gasteiger partial charge in [-0.3, -0.25) is 4.90 Å². The van der Waals surface area contributed by atoms with Gasteiger partial charge in [0.1, 0.15) is 0 Å². The first kappa shape index (κ1) is 13.6. The minimum atomic E-state index is -0.822. The lowest BCUT2D eigenvalue weighted by atomic mass is 9.88. The highest BCUT2D eigenvalue weighted by Crippen LogP contribution is 2.27.